The van der Waals surface area contributed by atoms with E-state index < -0.39 is 11.8 Å². The number of fused-ring (bicyclic) bond motifs is 4. The fourth-order valence-corrected chi connectivity index (χ4v) is 3.68. The molecule has 0 radical (unpaired) electrons. The fourth-order valence-electron chi connectivity index (χ4n) is 3.68. The zero-order chi connectivity index (χ0) is 19.3. The summed E-state index contributed by atoms with van der Waals surface area (Å²) in [6.07, 6.45) is 0. The first-order chi connectivity index (χ1) is 13.6. The second-order valence-corrected chi connectivity index (χ2v) is 6.65. The number of carbonyl (C=O) groups is 1. The van der Waals surface area contributed by atoms with Gasteiger partial charge in [-0.2, -0.15) is 0 Å². The van der Waals surface area contributed by atoms with Crippen LogP contribution in [0.15, 0.2) is 66.7 Å². The number of carboxylic acids is 1. The molecule has 0 spiro atoms. The van der Waals surface area contributed by atoms with Gasteiger partial charge in [0.15, 0.2) is 0 Å². The predicted octanol–water partition coefficient (Wildman–Crippen LogP) is 5.30. The Morgan fingerprint density at radius 2 is 1.82 bits per heavy atom. The highest BCUT2D eigenvalue weighted by molar-refractivity contribution is 6.06. The molecule has 1 aliphatic heterocycles. The minimum Gasteiger partial charge on any atom is -0.488 e. The van der Waals surface area contributed by atoms with Crippen molar-refractivity contribution in [1.82, 2.24) is 4.98 Å². The maximum absolute atomic E-state index is 13.7. The van der Waals surface area contributed by atoms with Gasteiger partial charge in [0.25, 0.3) is 0 Å². The largest absolute Gasteiger partial charge is 0.488 e. The number of rotatable bonds is 2. The molecule has 1 N–H and O–H groups in total. The second kappa shape index (κ2) is 6.16. The third-order valence-electron chi connectivity index (χ3n) is 4.98. The van der Waals surface area contributed by atoms with Crippen molar-refractivity contribution >= 4 is 16.9 Å². The molecule has 0 unspecified atom stereocenters. The summed E-state index contributed by atoms with van der Waals surface area (Å²) in [7, 11) is 0. The molecule has 3 aromatic carbocycles. The van der Waals surface area contributed by atoms with Gasteiger partial charge in [-0.1, -0.05) is 36.4 Å². The monoisotopic (exact) mass is 371 g/mol. The molecule has 28 heavy (non-hydrogen) atoms. The molecule has 136 valence electrons. The Balaban J connectivity index is 1.74. The van der Waals surface area contributed by atoms with Gasteiger partial charge < -0.3 is 9.84 Å². The van der Waals surface area contributed by atoms with E-state index in [2.05, 4.69) is 4.98 Å². The zero-order valence-corrected chi connectivity index (χ0v) is 14.6. The van der Waals surface area contributed by atoms with Gasteiger partial charge in [-0.15, -0.1) is 0 Å². The van der Waals surface area contributed by atoms with E-state index in [1.54, 1.807) is 0 Å². The van der Waals surface area contributed by atoms with Crippen LogP contribution in [-0.2, 0) is 6.61 Å². The highest BCUT2D eigenvalue weighted by Crippen LogP contribution is 2.41. The minimum absolute atomic E-state index is 0.0392. The van der Waals surface area contributed by atoms with Gasteiger partial charge in [0.05, 0.1) is 16.8 Å². The molecule has 0 fully saturated rings. The molecule has 0 amide bonds. The molecule has 5 heteroatoms. The first-order valence-corrected chi connectivity index (χ1v) is 8.80. The third-order valence-corrected chi connectivity index (χ3v) is 4.98. The Morgan fingerprint density at radius 3 is 2.61 bits per heavy atom. The van der Waals surface area contributed by atoms with Gasteiger partial charge in [-0.25, -0.2) is 14.2 Å². The molecule has 4 aromatic rings. The summed E-state index contributed by atoms with van der Waals surface area (Å²) in [4.78, 5) is 16.6. The van der Waals surface area contributed by atoms with Crippen molar-refractivity contribution in [3.05, 3.63) is 83.7 Å². The Morgan fingerprint density at radius 1 is 1.00 bits per heavy atom. The van der Waals surface area contributed by atoms with Gasteiger partial charge in [-0.3, -0.25) is 0 Å². The smallest absolute Gasteiger partial charge is 0.336 e. The lowest BCUT2D eigenvalue weighted by Gasteiger charge is -2.23. The standard InChI is InChI=1S/C23H14FNO3/c24-15-7-9-19-17(11-15)21(23(26)27)18-12-28-20-10-14(13-4-2-1-3-5-13)6-8-16(20)22(18)25-19/h1-11H,12H2,(H,26,27). The second-order valence-electron chi connectivity index (χ2n) is 6.65. The lowest BCUT2D eigenvalue weighted by molar-refractivity contribution is 0.0696. The van der Waals surface area contributed by atoms with E-state index in [1.165, 1.54) is 18.2 Å². The maximum atomic E-state index is 13.7. The molecule has 2 heterocycles. The van der Waals surface area contributed by atoms with E-state index in [-0.39, 0.29) is 17.6 Å². The van der Waals surface area contributed by atoms with E-state index in [4.69, 9.17) is 4.74 Å². The van der Waals surface area contributed by atoms with Crippen LogP contribution in [0.5, 0.6) is 5.75 Å². The quantitative estimate of drug-likeness (QED) is 0.520. The number of ether oxygens (including phenoxy) is 1. The van der Waals surface area contributed by atoms with E-state index in [1.807, 2.05) is 48.5 Å². The summed E-state index contributed by atoms with van der Waals surface area (Å²) in [5, 5.41) is 10.0. The number of carboxylic acid groups (broad SMARTS) is 1. The number of hydrogen-bond donors (Lipinski definition) is 1. The maximum Gasteiger partial charge on any atom is 0.336 e. The van der Waals surface area contributed by atoms with Crippen LogP contribution in [0.25, 0.3) is 33.3 Å². The zero-order valence-electron chi connectivity index (χ0n) is 14.6. The molecule has 4 nitrogen and oxygen atoms in total. The molecule has 0 atom stereocenters. The Kier molecular flexibility index (Phi) is 3.62. The normalized spacial score (nSPS) is 12.2. The average Bonchev–Trinajstić information content (AvgIpc) is 2.72. The van der Waals surface area contributed by atoms with Crippen molar-refractivity contribution in [3.63, 3.8) is 0 Å². The predicted molar refractivity (Wildman–Crippen MR) is 104 cm³/mol. The van der Waals surface area contributed by atoms with Gasteiger partial charge in [0, 0.05) is 16.5 Å². The Labute approximate surface area is 159 Å². The molecular weight excluding hydrogens is 357 g/mol. The number of aromatic carboxylic acids is 1. The topological polar surface area (TPSA) is 59.4 Å². The SMILES string of the molecule is O=C(O)c1c2c(nc3ccc(F)cc13)-c1ccc(-c3ccccc3)cc1OC2. The molecule has 0 bridgehead atoms. The van der Waals surface area contributed by atoms with Crippen LogP contribution in [0, 0.1) is 5.82 Å². The van der Waals surface area contributed by atoms with Crippen LogP contribution in [0.1, 0.15) is 15.9 Å². The number of benzene rings is 3. The highest BCUT2D eigenvalue weighted by Gasteiger charge is 2.27. The molecule has 1 aromatic heterocycles. The van der Waals surface area contributed by atoms with E-state index in [9.17, 15) is 14.3 Å². The van der Waals surface area contributed by atoms with Crippen LogP contribution < -0.4 is 4.74 Å². The number of pyridine rings is 1. The van der Waals surface area contributed by atoms with Crippen molar-refractivity contribution < 1.29 is 19.0 Å². The molecule has 1 aliphatic rings. The van der Waals surface area contributed by atoms with Crippen LogP contribution in [0.2, 0.25) is 0 Å². The lowest BCUT2D eigenvalue weighted by atomic mass is 9.93. The molecule has 0 aliphatic carbocycles. The van der Waals surface area contributed by atoms with E-state index in [0.717, 1.165) is 16.7 Å². The Bertz CT molecular complexity index is 1250. The Hall–Kier alpha value is -3.73. The van der Waals surface area contributed by atoms with Crippen molar-refractivity contribution in [1.29, 1.82) is 0 Å². The summed E-state index contributed by atoms with van der Waals surface area (Å²) in [5.41, 5.74) is 4.31. The summed E-state index contributed by atoms with van der Waals surface area (Å²) in [6, 6.07) is 19.7. The van der Waals surface area contributed by atoms with Crippen molar-refractivity contribution in [2.24, 2.45) is 0 Å². The number of nitrogens with zero attached hydrogens (tertiary/aromatic N) is 1. The van der Waals surface area contributed by atoms with Gasteiger partial charge in [0.2, 0.25) is 0 Å². The van der Waals surface area contributed by atoms with Crippen LogP contribution >= 0.6 is 0 Å². The van der Waals surface area contributed by atoms with Crippen LogP contribution in [0.3, 0.4) is 0 Å². The van der Waals surface area contributed by atoms with Gasteiger partial charge in [0.1, 0.15) is 18.2 Å². The van der Waals surface area contributed by atoms with Crippen molar-refractivity contribution in [2.45, 2.75) is 6.61 Å². The van der Waals surface area contributed by atoms with Gasteiger partial charge in [-0.05, 0) is 41.5 Å². The summed E-state index contributed by atoms with van der Waals surface area (Å²) < 4.78 is 19.6. The molecule has 5 rings (SSSR count). The molecular formula is C23H14FNO3. The minimum atomic E-state index is -1.12. The number of hydrogen-bond acceptors (Lipinski definition) is 3. The lowest BCUT2D eigenvalue weighted by Crippen LogP contribution is -2.14. The fraction of sp³-hybridized carbons (Fsp3) is 0.0435. The first kappa shape index (κ1) is 16.4. The highest BCUT2D eigenvalue weighted by atomic mass is 19.1. The average molecular weight is 371 g/mol. The number of halogens is 1. The van der Waals surface area contributed by atoms with Crippen molar-refractivity contribution in [2.75, 3.05) is 0 Å². The van der Waals surface area contributed by atoms with Crippen LogP contribution in [-0.4, -0.2) is 16.1 Å². The summed E-state index contributed by atoms with van der Waals surface area (Å²) >= 11 is 0. The van der Waals surface area contributed by atoms with E-state index >= 15 is 0 Å². The van der Waals surface area contributed by atoms with Crippen molar-refractivity contribution in [3.8, 4) is 28.1 Å². The molecule has 0 saturated heterocycles. The van der Waals surface area contributed by atoms with E-state index in [0.29, 0.717) is 22.5 Å². The molecule has 0 saturated carbocycles. The summed E-state index contributed by atoms with van der Waals surface area (Å²) in [6.45, 7) is 0.0711. The van der Waals surface area contributed by atoms with Gasteiger partial charge >= 0.3 is 5.97 Å². The number of aromatic nitrogens is 1. The third kappa shape index (κ3) is 2.52. The summed E-state index contributed by atoms with van der Waals surface area (Å²) in [5.74, 6) is -0.970. The first-order valence-electron chi connectivity index (χ1n) is 8.80. The van der Waals surface area contributed by atoms with Crippen LogP contribution in [0.4, 0.5) is 4.39 Å².